The lowest BCUT2D eigenvalue weighted by atomic mass is 9.95. The molecule has 0 N–H and O–H groups in total. The van der Waals surface area contributed by atoms with Gasteiger partial charge >= 0.3 is 12.1 Å². The first kappa shape index (κ1) is 19.4. The van der Waals surface area contributed by atoms with Crippen LogP contribution < -0.4 is 4.74 Å². The van der Waals surface area contributed by atoms with E-state index >= 15 is 0 Å². The summed E-state index contributed by atoms with van der Waals surface area (Å²) in [5, 5.41) is 0. The van der Waals surface area contributed by atoms with Gasteiger partial charge in [0.25, 0.3) is 0 Å². The predicted molar refractivity (Wildman–Crippen MR) is 100 cm³/mol. The Morgan fingerprint density at radius 1 is 0.724 bits per heavy atom. The standard InChI is InChI=1S/C23H17F5O/c24-22(25,23(26,27)28)21-10-2-1-9-20(21)17-6-4-8-19(14-17)29-18-7-3-5-16(13-18)15-11-12-15/h1-10,13-15H,11-12H2. The third kappa shape index (κ3) is 3.97. The lowest BCUT2D eigenvalue weighted by Crippen LogP contribution is -2.34. The Balaban J connectivity index is 1.67. The summed E-state index contributed by atoms with van der Waals surface area (Å²) in [6, 6.07) is 18.4. The highest BCUT2D eigenvalue weighted by Crippen LogP contribution is 2.47. The van der Waals surface area contributed by atoms with E-state index in [0.717, 1.165) is 18.9 Å². The monoisotopic (exact) mass is 404 g/mol. The number of alkyl halides is 5. The van der Waals surface area contributed by atoms with Crippen LogP contribution in [0.2, 0.25) is 0 Å². The van der Waals surface area contributed by atoms with Crippen LogP contribution in [-0.4, -0.2) is 6.18 Å². The predicted octanol–water partition coefficient (Wildman–Crippen LogP) is 7.68. The highest BCUT2D eigenvalue weighted by molar-refractivity contribution is 5.70. The molecule has 6 heteroatoms. The van der Waals surface area contributed by atoms with Gasteiger partial charge < -0.3 is 4.74 Å². The van der Waals surface area contributed by atoms with Crippen molar-refractivity contribution in [2.45, 2.75) is 30.9 Å². The van der Waals surface area contributed by atoms with Crippen LogP contribution >= 0.6 is 0 Å². The largest absolute Gasteiger partial charge is 0.458 e. The molecule has 1 saturated carbocycles. The molecule has 0 bridgehead atoms. The van der Waals surface area contributed by atoms with Crippen LogP contribution in [0.3, 0.4) is 0 Å². The molecule has 0 unspecified atom stereocenters. The van der Waals surface area contributed by atoms with Crippen LogP contribution in [0.1, 0.15) is 29.9 Å². The fourth-order valence-corrected chi connectivity index (χ4v) is 3.27. The molecule has 1 nitrogen and oxygen atoms in total. The molecule has 0 saturated heterocycles. The topological polar surface area (TPSA) is 9.23 Å². The second-order valence-electron chi connectivity index (χ2n) is 7.09. The van der Waals surface area contributed by atoms with Gasteiger partial charge in [0.2, 0.25) is 0 Å². The van der Waals surface area contributed by atoms with E-state index in [-0.39, 0.29) is 11.1 Å². The van der Waals surface area contributed by atoms with Crippen LogP contribution in [0.25, 0.3) is 11.1 Å². The van der Waals surface area contributed by atoms with Gasteiger partial charge in [-0.25, -0.2) is 0 Å². The van der Waals surface area contributed by atoms with E-state index in [9.17, 15) is 22.0 Å². The summed E-state index contributed by atoms with van der Waals surface area (Å²) >= 11 is 0. The second-order valence-corrected chi connectivity index (χ2v) is 7.09. The van der Waals surface area contributed by atoms with Crippen molar-refractivity contribution in [1.29, 1.82) is 0 Å². The van der Waals surface area contributed by atoms with Crippen molar-refractivity contribution in [3.05, 3.63) is 83.9 Å². The zero-order chi connectivity index (χ0) is 20.6. The lowest BCUT2D eigenvalue weighted by molar-refractivity contribution is -0.289. The Morgan fingerprint density at radius 2 is 1.38 bits per heavy atom. The van der Waals surface area contributed by atoms with Crippen molar-refractivity contribution in [3.8, 4) is 22.6 Å². The molecule has 1 aliphatic rings. The quantitative estimate of drug-likeness (QED) is 0.396. The minimum atomic E-state index is -5.68. The number of rotatable bonds is 5. The first-order valence-electron chi connectivity index (χ1n) is 9.18. The summed E-state index contributed by atoms with van der Waals surface area (Å²) in [7, 11) is 0. The van der Waals surface area contributed by atoms with Crippen molar-refractivity contribution < 1.29 is 26.7 Å². The number of ether oxygens (including phenoxy) is 1. The van der Waals surface area contributed by atoms with Crippen LogP contribution in [0.4, 0.5) is 22.0 Å². The SMILES string of the molecule is FC(F)(F)C(F)(F)c1ccccc1-c1cccc(Oc2cccc(C3CC3)c2)c1. The molecule has 150 valence electrons. The normalized spacial score (nSPS) is 14.7. The Kier molecular flexibility index (Phi) is 4.81. The van der Waals surface area contributed by atoms with E-state index in [1.54, 1.807) is 18.2 Å². The van der Waals surface area contributed by atoms with Gasteiger partial charge in [-0.1, -0.05) is 48.5 Å². The number of halogens is 5. The van der Waals surface area contributed by atoms with E-state index in [2.05, 4.69) is 0 Å². The fraction of sp³-hybridized carbons (Fsp3) is 0.217. The molecule has 0 atom stereocenters. The Bertz CT molecular complexity index is 1020. The van der Waals surface area contributed by atoms with Gasteiger partial charge in [0.15, 0.2) is 0 Å². The maximum atomic E-state index is 14.0. The van der Waals surface area contributed by atoms with Crippen molar-refractivity contribution >= 4 is 0 Å². The molecule has 0 aromatic heterocycles. The number of hydrogen-bond acceptors (Lipinski definition) is 1. The molecule has 0 radical (unpaired) electrons. The first-order chi connectivity index (χ1) is 13.8. The van der Waals surface area contributed by atoms with Crippen molar-refractivity contribution in [3.63, 3.8) is 0 Å². The Morgan fingerprint density at radius 3 is 2.07 bits per heavy atom. The summed E-state index contributed by atoms with van der Waals surface area (Å²) < 4.78 is 72.6. The second kappa shape index (κ2) is 7.17. The van der Waals surface area contributed by atoms with Gasteiger partial charge in [-0.15, -0.1) is 0 Å². The third-order valence-electron chi connectivity index (χ3n) is 4.91. The molecule has 0 amide bonds. The molecular formula is C23H17F5O. The average molecular weight is 404 g/mol. The van der Waals surface area contributed by atoms with Gasteiger partial charge in [-0.05, 0) is 59.7 Å². The summed E-state index contributed by atoms with van der Waals surface area (Å²) in [4.78, 5) is 0. The minimum absolute atomic E-state index is 0.188. The van der Waals surface area contributed by atoms with Gasteiger partial charge in [0, 0.05) is 5.56 Å². The highest BCUT2D eigenvalue weighted by atomic mass is 19.4. The van der Waals surface area contributed by atoms with Gasteiger partial charge in [-0.2, -0.15) is 22.0 Å². The van der Waals surface area contributed by atoms with E-state index in [1.165, 1.54) is 35.9 Å². The maximum Gasteiger partial charge on any atom is 0.458 e. The molecule has 0 heterocycles. The van der Waals surface area contributed by atoms with Crippen molar-refractivity contribution in [2.75, 3.05) is 0 Å². The molecular weight excluding hydrogens is 387 g/mol. The fourth-order valence-electron chi connectivity index (χ4n) is 3.27. The maximum absolute atomic E-state index is 14.0. The lowest BCUT2D eigenvalue weighted by Gasteiger charge is -2.22. The van der Waals surface area contributed by atoms with Gasteiger partial charge in [-0.3, -0.25) is 0 Å². The molecule has 4 rings (SSSR count). The van der Waals surface area contributed by atoms with Crippen molar-refractivity contribution in [1.82, 2.24) is 0 Å². The average Bonchev–Trinajstić information content (AvgIpc) is 3.53. The molecule has 0 spiro atoms. The summed E-state index contributed by atoms with van der Waals surface area (Å²) in [6.45, 7) is 0. The first-order valence-corrected chi connectivity index (χ1v) is 9.18. The molecule has 0 aliphatic heterocycles. The summed E-state index contributed by atoms with van der Waals surface area (Å²) in [5.41, 5.74) is 0.126. The van der Waals surface area contributed by atoms with E-state index in [0.29, 0.717) is 17.4 Å². The summed E-state index contributed by atoms with van der Waals surface area (Å²) in [6.07, 6.45) is -3.40. The van der Waals surface area contributed by atoms with Gasteiger partial charge in [0.05, 0.1) is 0 Å². The number of benzene rings is 3. The highest BCUT2D eigenvalue weighted by Gasteiger charge is 2.59. The molecule has 1 fully saturated rings. The Hall–Kier alpha value is -2.89. The van der Waals surface area contributed by atoms with Crippen molar-refractivity contribution in [2.24, 2.45) is 0 Å². The molecule has 29 heavy (non-hydrogen) atoms. The van der Waals surface area contributed by atoms with Gasteiger partial charge in [0.1, 0.15) is 11.5 Å². The van der Waals surface area contributed by atoms with Crippen LogP contribution in [-0.2, 0) is 5.92 Å². The van der Waals surface area contributed by atoms with E-state index in [4.69, 9.17) is 4.74 Å². The van der Waals surface area contributed by atoms with Crippen LogP contribution in [0.5, 0.6) is 11.5 Å². The molecule has 3 aromatic carbocycles. The smallest absolute Gasteiger partial charge is 0.457 e. The Labute approximate surface area is 164 Å². The minimum Gasteiger partial charge on any atom is -0.457 e. The number of hydrogen-bond donors (Lipinski definition) is 0. The van der Waals surface area contributed by atoms with Crippen LogP contribution in [0, 0.1) is 0 Å². The van der Waals surface area contributed by atoms with Crippen LogP contribution in [0.15, 0.2) is 72.8 Å². The molecule has 3 aromatic rings. The zero-order valence-electron chi connectivity index (χ0n) is 15.2. The third-order valence-corrected chi connectivity index (χ3v) is 4.91. The van der Waals surface area contributed by atoms with E-state index in [1.807, 2.05) is 18.2 Å². The molecule has 1 aliphatic carbocycles. The summed E-state index contributed by atoms with van der Waals surface area (Å²) in [5.74, 6) is -3.46. The zero-order valence-corrected chi connectivity index (χ0v) is 15.2. The van der Waals surface area contributed by atoms with E-state index < -0.39 is 17.7 Å².